The second kappa shape index (κ2) is 1.84. The molecule has 0 spiro atoms. The van der Waals surface area contributed by atoms with Crippen LogP contribution in [0.4, 0.5) is 0 Å². The Labute approximate surface area is 58.9 Å². The number of hydrogen-bond donors (Lipinski definition) is 0. The fourth-order valence-electron chi connectivity index (χ4n) is 1.05. The number of rotatable bonds is 0. The molecule has 1 aromatic carbocycles. The summed E-state index contributed by atoms with van der Waals surface area (Å²) in [6.45, 7) is 1.97. The average Bonchev–Trinajstić information content (AvgIpc) is 2.34. The first kappa shape index (κ1) is 5.47. The summed E-state index contributed by atoms with van der Waals surface area (Å²) in [7, 11) is 0. The van der Waals surface area contributed by atoms with Crippen molar-refractivity contribution < 1.29 is 0 Å². The van der Waals surface area contributed by atoms with Crippen molar-refractivity contribution in [3.05, 3.63) is 34.8 Å². The Kier molecular flexibility index (Phi) is 1.01. The minimum Gasteiger partial charge on any atom is -0.155 e. The zero-order valence-electron chi connectivity index (χ0n) is 5.70. The van der Waals surface area contributed by atoms with Crippen molar-refractivity contribution in [3.63, 3.8) is 0 Å². The normalized spacial score (nSPS) is 13.9. The SMILES string of the molecule is CC1=c2ccccc2=N[N]1. The number of hydrogen-bond acceptors (Lipinski definition) is 1. The molecule has 0 atom stereocenters. The van der Waals surface area contributed by atoms with E-state index in [9.17, 15) is 0 Å². The fourth-order valence-corrected chi connectivity index (χ4v) is 1.05. The van der Waals surface area contributed by atoms with Gasteiger partial charge in [-0.3, -0.25) is 0 Å². The maximum Gasteiger partial charge on any atom is 0.0948 e. The molecule has 0 unspecified atom stereocenters. The van der Waals surface area contributed by atoms with Gasteiger partial charge >= 0.3 is 0 Å². The first-order valence-corrected chi connectivity index (χ1v) is 3.22. The zero-order valence-corrected chi connectivity index (χ0v) is 5.70. The van der Waals surface area contributed by atoms with E-state index in [1.807, 2.05) is 31.2 Å². The van der Waals surface area contributed by atoms with Crippen LogP contribution in [0.3, 0.4) is 0 Å². The second-order valence-electron chi connectivity index (χ2n) is 2.30. The summed E-state index contributed by atoms with van der Waals surface area (Å²) in [5.41, 5.74) is 4.96. The van der Waals surface area contributed by atoms with E-state index in [4.69, 9.17) is 0 Å². The Hall–Kier alpha value is -1.31. The molecule has 1 aliphatic rings. The van der Waals surface area contributed by atoms with Gasteiger partial charge in [-0.15, -0.1) is 0 Å². The molecule has 2 nitrogen and oxygen atoms in total. The molecule has 0 saturated carbocycles. The van der Waals surface area contributed by atoms with Gasteiger partial charge in [-0.25, -0.2) is 0 Å². The van der Waals surface area contributed by atoms with E-state index in [0.29, 0.717) is 0 Å². The monoisotopic (exact) mass is 131 g/mol. The highest BCUT2D eigenvalue weighted by atomic mass is 15.3. The lowest BCUT2D eigenvalue weighted by Crippen LogP contribution is -2.21. The molecular formula is C8H7N2. The van der Waals surface area contributed by atoms with E-state index in [0.717, 1.165) is 16.3 Å². The number of fused-ring (bicyclic) bond motifs is 1. The van der Waals surface area contributed by atoms with Crippen molar-refractivity contribution in [1.29, 1.82) is 0 Å². The van der Waals surface area contributed by atoms with Gasteiger partial charge in [0.25, 0.3) is 0 Å². The van der Waals surface area contributed by atoms with Crippen LogP contribution >= 0.6 is 0 Å². The van der Waals surface area contributed by atoms with Gasteiger partial charge in [-0.05, 0) is 13.0 Å². The van der Waals surface area contributed by atoms with E-state index in [1.54, 1.807) is 0 Å². The van der Waals surface area contributed by atoms with Crippen molar-refractivity contribution >= 4 is 5.70 Å². The largest absolute Gasteiger partial charge is 0.155 e. The molecule has 0 aromatic heterocycles. The summed E-state index contributed by atoms with van der Waals surface area (Å²) >= 11 is 0. The molecule has 0 fully saturated rings. The van der Waals surface area contributed by atoms with E-state index in [-0.39, 0.29) is 0 Å². The van der Waals surface area contributed by atoms with Crippen LogP contribution < -0.4 is 16.0 Å². The van der Waals surface area contributed by atoms with Crippen LogP contribution in [0.25, 0.3) is 5.70 Å². The Morgan fingerprint density at radius 3 is 2.80 bits per heavy atom. The second-order valence-corrected chi connectivity index (χ2v) is 2.30. The van der Waals surface area contributed by atoms with Gasteiger partial charge in [0, 0.05) is 5.22 Å². The smallest absolute Gasteiger partial charge is 0.0948 e. The topological polar surface area (TPSA) is 26.5 Å². The van der Waals surface area contributed by atoms with Crippen molar-refractivity contribution in [2.75, 3.05) is 0 Å². The summed E-state index contributed by atoms with van der Waals surface area (Å²) in [6, 6.07) is 7.97. The molecule has 0 amide bonds. The van der Waals surface area contributed by atoms with Crippen molar-refractivity contribution in [2.24, 2.45) is 5.10 Å². The molecule has 2 rings (SSSR count). The maximum atomic E-state index is 3.97. The van der Waals surface area contributed by atoms with Gasteiger partial charge in [-0.2, -0.15) is 10.5 Å². The molecule has 1 radical (unpaired) electrons. The number of benzene rings is 1. The average molecular weight is 131 g/mol. The summed E-state index contributed by atoms with van der Waals surface area (Å²) in [4.78, 5) is 0. The van der Waals surface area contributed by atoms with Crippen LogP contribution in [-0.2, 0) is 0 Å². The lowest BCUT2D eigenvalue weighted by atomic mass is 10.2. The minimum atomic E-state index is 0.986. The van der Waals surface area contributed by atoms with Crippen molar-refractivity contribution in [2.45, 2.75) is 6.92 Å². The van der Waals surface area contributed by atoms with Crippen LogP contribution in [0.5, 0.6) is 0 Å². The summed E-state index contributed by atoms with van der Waals surface area (Å²) in [5, 5.41) is 6.11. The maximum absolute atomic E-state index is 3.97. The zero-order chi connectivity index (χ0) is 6.97. The van der Waals surface area contributed by atoms with E-state index < -0.39 is 0 Å². The summed E-state index contributed by atoms with van der Waals surface area (Å²) in [6.07, 6.45) is 0. The molecule has 0 N–H and O–H groups in total. The number of nitrogens with zero attached hydrogens (tertiary/aromatic N) is 2. The van der Waals surface area contributed by atoms with Crippen molar-refractivity contribution in [3.8, 4) is 0 Å². The molecule has 0 bridgehead atoms. The molecular weight excluding hydrogens is 124 g/mol. The molecule has 0 saturated heterocycles. The summed E-state index contributed by atoms with van der Waals surface area (Å²) < 4.78 is 0. The third-order valence-electron chi connectivity index (χ3n) is 1.60. The van der Waals surface area contributed by atoms with E-state index in [2.05, 4.69) is 10.5 Å². The summed E-state index contributed by atoms with van der Waals surface area (Å²) in [5.74, 6) is 0. The molecule has 1 aromatic rings. The standard InChI is InChI=1S/C8H7N2/c1-6-7-4-2-3-5-8(7)10-9-6/h2-5H,1H3. The van der Waals surface area contributed by atoms with Crippen molar-refractivity contribution in [1.82, 2.24) is 5.43 Å². The quantitative estimate of drug-likeness (QED) is 0.472. The third-order valence-corrected chi connectivity index (χ3v) is 1.60. The van der Waals surface area contributed by atoms with Gasteiger partial charge < -0.3 is 0 Å². The lowest BCUT2D eigenvalue weighted by Gasteiger charge is -1.82. The van der Waals surface area contributed by atoms with Gasteiger partial charge in [0.15, 0.2) is 0 Å². The van der Waals surface area contributed by atoms with E-state index >= 15 is 0 Å². The molecule has 1 aliphatic heterocycles. The highest BCUT2D eigenvalue weighted by molar-refractivity contribution is 5.40. The van der Waals surface area contributed by atoms with Crippen LogP contribution in [0, 0.1) is 0 Å². The lowest BCUT2D eigenvalue weighted by molar-refractivity contribution is 0.945. The van der Waals surface area contributed by atoms with Gasteiger partial charge in [0.2, 0.25) is 0 Å². The van der Waals surface area contributed by atoms with Crippen LogP contribution in [0.1, 0.15) is 6.92 Å². The third kappa shape index (κ3) is 0.620. The minimum absolute atomic E-state index is 0.986. The Bertz CT molecular complexity index is 365. The molecule has 49 valence electrons. The van der Waals surface area contributed by atoms with Gasteiger partial charge in [0.05, 0.1) is 11.1 Å². The van der Waals surface area contributed by atoms with Crippen LogP contribution in [0.15, 0.2) is 29.4 Å². The molecule has 0 aliphatic carbocycles. The van der Waals surface area contributed by atoms with E-state index in [1.165, 1.54) is 0 Å². The first-order valence-electron chi connectivity index (χ1n) is 3.22. The fraction of sp³-hybridized carbons (Fsp3) is 0.125. The Morgan fingerprint density at radius 1 is 1.20 bits per heavy atom. The van der Waals surface area contributed by atoms with Crippen LogP contribution in [-0.4, -0.2) is 0 Å². The molecule has 2 heteroatoms. The Balaban J connectivity index is 2.96. The van der Waals surface area contributed by atoms with Gasteiger partial charge in [0.1, 0.15) is 0 Å². The molecule has 10 heavy (non-hydrogen) atoms. The highest BCUT2D eigenvalue weighted by Crippen LogP contribution is 1.88. The Morgan fingerprint density at radius 2 is 2.00 bits per heavy atom. The predicted molar refractivity (Wildman–Crippen MR) is 38.4 cm³/mol. The van der Waals surface area contributed by atoms with Crippen LogP contribution in [0.2, 0.25) is 0 Å². The highest BCUT2D eigenvalue weighted by Gasteiger charge is 1.99. The predicted octanol–water partition coefficient (Wildman–Crippen LogP) is -0.0327. The first-order chi connectivity index (χ1) is 4.88. The van der Waals surface area contributed by atoms with Gasteiger partial charge in [-0.1, -0.05) is 18.2 Å². The molecule has 1 heterocycles.